The molecule has 0 amide bonds. The molecule has 2 atom stereocenters. The molecule has 1 rings (SSSR count). The Balaban J connectivity index is 1.99. The molecule has 0 heteroatoms. The maximum absolute atomic E-state index is 2.40. The number of unbranched alkanes of at least 4 members (excludes halogenated alkanes) is 2. The van der Waals surface area contributed by atoms with Gasteiger partial charge in [0.2, 0.25) is 0 Å². The van der Waals surface area contributed by atoms with Crippen molar-refractivity contribution in [1.82, 2.24) is 0 Å². The van der Waals surface area contributed by atoms with Crippen LogP contribution in [-0.2, 0) is 0 Å². The van der Waals surface area contributed by atoms with Crippen LogP contribution in [0.3, 0.4) is 0 Å². The van der Waals surface area contributed by atoms with E-state index in [0.29, 0.717) is 0 Å². The van der Waals surface area contributed by atoms with Crippen molar-refractivity contribution in [2.45, 2.75) is 58.8 Å². The molecular formula is C11H22. The molecule has 0 heterocycles. The van der Waals surface area contributed by atoms with Gasteiger partial charge >= 0.3 is 0 Å². The Morgan fingerprint density at radius 2 is 2.00 bits per heavy atom. The fourth-order valence-electron chi connectivity index (χ4n) is 2.27. The molecule has 1 aliphatic carbocycles. The van der Waals surface area contributed by atoms with Crippen LogP contribution in [0.4, 0.5) is 0 Å². The third kappa shape index (κ3) is 3.27. The van der Waals surface area contributed by atoms with E-state index in [1.807, 2.05) is 0 Å². The lowest BCUT2D eigenvalue weighted by atomic mass is 9.99. The van der Waals surface area contributed by atoms with Gasteiger partial charge in [-0.3, -0.25) is 0 Å². The molecule has 1 fully saturated rings. The predicted octanol–water partition coefficient (Wildman–Crippen LogP) is 4.00. The molecule has 0 N–H and O–H groups in total. The van der Waals surface area contributed by atoms with Crippen LogP contribution < -0.4 is 0 Å². The van der Waals surface area contributed by atoms with Crippen molar-refractivity contribution in [3.8, 4) is 0 Å². The highest BCUT2D eigenvalue weighted by atomic mass is 14.3. The Labute approximate surface area is 71.4 Å². The standard InChI is InChI=1S/C11H22/c1-3-4-5-6-11-8-7-10(2)9-11/h10-11H,3-9H2,1-2H3/t10-,11?/m1/s1. The van der Waals surface area contributed by atoms with Crippen molar-refractivity contribution in [2.24, 2.45) is 11.8 Å². The van der Waals surface area contributed by atoms with Crippen LogP contribution in [0.1, 0.15) is 58.8 Å². The summed E-state index contributed by atoms with van der Waals surface area (Å²) in [5.41, 5.74) is 0. The lowest BCUT2D eigenvalue weighted by molar-refractivity contribution is 0.454. The second-order valence-corrected chi connectivity index (χ2v) is 4.28. The van der Waals surface area contributed by atoms with Gasteiger partial charge in [0.15, 0.2) is 0 Å². The quantitative estimate of drug-likeness (QED) is 0.537. The summed E-state index contributed by atoms with van der Waals surface area (Å²) in [4.78, 5) is 0. The molecule has 11 heavy (non-hydrogen) atoms. The zero-order valence-electron chi connectivity index (χ0n) is 8.10. The van der Waals surface area contributed by atoms with Crippen LogP contribution in [0.2, 0.25) is 0 Å². The Hall–Kier alpha value is 0. The van der Waals surface area contributed by atoms with Crippen molar-refractivity contribution in [3.63, 3.8) is 0 Å². The normalized spacial score (nSPS) is 31.1. The van der Waals surface area contributed by atoms with Crippen molar-refractivity contribution in [2.75, 3.05) is 0 Å². The van der Waals surface area contributed by atoms with Gasteiger partial charge in [-0.15, -0.1) is 0 Å². The topological polar surface area (TPSA) is 0 Å². The van der Waals surface area contributed by atoms with Crippen molar-refractivity contribution in [1.29, 1.82) is 0 Å². The van der Waals surface area contributed by atoms with Gasteiger partial charge in [0.05, 0.1) is 0 Å². The summed E-state index contributed by atoms with van der Waals surface area (Å²) in [6.45, 7) is 4.69. The van der Waals surface area contributed by atoms with E-state index in [0.717, 1.165) is 11.8 Å². The number of hydrogen-bond donors (Lipinski definition) is 0. The zero-order chi connectivity index (χ0) is 8.10. The molecule has 0 aliphatic heterocycles. The van der Waals surface area contributed by atoms with E-state index in [2.05, 4.69) is 13.8 Å². The second-order valence-electron chi connectivity index (χ2n) is 4.28. The fraction of sp³-hybridized carbons (Fsp3) is 1.00. The Kier molecular flexibility index (Phi) is 3.96. The molecule has 0 spiro atoms. The van der Waals surface area contributed by atoms with Gasteiger partial charge in [0.25, 0.3) is 0 Å². The third-order valence-electron chi connectivity index (χ3n) is 3.02. The van der Waals surface area contributed by atoms with Gasteiger partial charge in [0.1, 0.15) is 0 Å². The van der Waals surface area contributed by atoms with Crippen LogP contribution in [0.25, 0.3) is 0 Å². The maximum atomic E-state index is 2.40. The average Bonchev–Trinajstić information content (AvgIpc) is 2.37. The summed E-state index contributed by atoms with van der Waals surface area (Å²) in [6.07, 6.45) is 10.4. The van der Waals surface area contributed by atoms with Crippen molar-refractivity contribution < 1.29 is 0 Å². The Morgan fingerprint density at radius 3 is 2.55 bits per heavy atom. The van der Waals surface area contributed by atoms with Crippen LogP contribution in [-0.4, -0.2) is 0 Å². The van der Waals surface area contributed by atoms with E-state index in [1.165, 1.54) is 44.9 Å². The van der Waals surface area contributed by atoms with E-state index in [4.69, 9.17) is 0 Å². The summed E-state index contributed by atoms with van der Waals surface area (Å²) in [7, 11) is 0. The van der Waals surface area contributed by atoms with Gasteiger partial charge in [-0.1, -0.05) is 52.4 Å². The summed E-state index contributed by atoms with van der Waals surface area (Å²) >= 11 is 0. The highest BCUT2D eigenvalue weighted by Gasteiger charge is 2.20. The molecule has 0 bridgehead atoms. The van der Waals surface area contributed by atoms with E-state index >= 15 is 0 Å². The summed E-state index contributed by atoms with van der Waals surface area (Å²) in [6, 6.07) is 0. The lowest BCUT2D eigenvalue weighted by Gasteiger charge is -2.07. The van der Waals surface area contributed by atoms with Crippen LogP contribution >= 0.6 is 0 Å². The monoisotopic (exact) mass is 154 g/mol. The van der Waals surface area contributed by atoms with Crippen LogP contribution in [0.5, 0.6) is 0 Å². The molecule has 1 aliphatic rings. The van der Waals surface area contributed by atoms with Crippen molar-refractivity contribution >= 4 is 0 Å². The van der Waals surface area contributed by atoms with Crippen LogP contribution in [0.15, 0.2) is 0 Å². The molecular weight excluding hydrogens is 132 g/mol. The Bertz CT molecular complexity index is 96.2. The second kappa shape index (κ2) is 4.79. The molecule has 66 valence electrons. The van der Waals surface area contributed by atoms with E-state index in [1.54, 1.807) is 0 Å². The molecule has 0 aromatic carbocycles. The highest BCUT2D eigenvalue weighted by Crippen LogP contribution is 2.33. The lowest BCUT2D eigenvalue weighted by Crippen LogP contribution is -1.93. The SMILES string of the molecule is CCCCCC1CC[C@@H](C)C1. The molecule has 0 nitrogen and oxygen atoms in total. The van der Waals surface area contributed by atoms with E-state index in [-0.39, 0.29) is 0 Å². The molecule has 0 radical (unpaired) electrons. The first-order valence-corrected chi connectivity index (χ1v) is 5.33. The minimum absolute atomic E-state index is 1.03. The zero-order valence-corrected chi connectivity index (χ0v) is 8.10. The van der Waals surface area contributed by atoms with Crippen LogP contribution in [0, 0.1) is 11.8 Å². The van der Waals surface area contributed by atoms with Gasteiger partial charge in [-0.05, 0) is 18.3 Å². The van der Waals surface area contributed by atoms with E-state index in [9.17, 15) is 0 Å². The first-order valence-electron chi connectivity index (χ1n) is 5.33. The first kappa shape index (κ1) is 9.09. The van der Waals surface area contributed by atoms with Gasteiger partial charge in [-0.2, -0.15) is 0 Å². The Morgan fingerprint density at radius 1 is 1.18 bits per heavy atom. The van der Waals surface area contributed by atoms with Gasteiger partial charge in [-0.25, -0.2) is 0 Å². The predicted molar refractivity (Wildman–Crippen MR) is 50.6 cm³/mol. The van der Waals surface area contributed by atoms with Gasteiger partial charge in [0, 0.05) is 0 Å². The highest BCUT2D eigenvalue weighted by molar-refractivity contribution is 4.72. The molecule has 1 saturated carbocycles. The molecule has 0 aromatic rings. The molecule has 0 saturated heterocycles. The average molecular weight is 154 g/mol. The van der Waals surface area contributed by atoms with Crippen molar-refractivity contribution in [3.05, 3.63) is 0 Å². The minimum Gasteiger partial charge on any atom is -0.0654 e. The summed E-state index contributed by atoms with van der Waals surface area (Å²) < 4.78 is 0. The summed E-state index contributed by atoms with van der Waals surface area (Å²) in [5.74, 6) is 2.12. The summed E-state index contributed by atoms with van der Waals surface area (Å²) in [5, 5.41) is 0. The molecule has 0 aromatic heterocycles. The maximum Gasteiger partial charge on any atom is -0.0412 e. The fourth-order valence-corrected chi connectivity index (χ4v) is 2.27. The molecule has 1 unspecified atom stereocenters. The van der Waals surface area contributed by atoms with Gasteiger partial charge < -0.3 is 0 Å². The number of hydrogen-bond acceptors (Lipinski definition) is 0. The minimum atomic E-state index is 1.03. The largest absolute Gasteiger partial charge is 0.0654 e. The smallest absolute Gasteiger partial charge is 0.0412 e. The van der Waals surface area contributed by atoms with E-state index < -0.39 is 0 Å². The third-order valence-corrected chi connectivity index (χ3v) is 3.02. The first-order chi connectivity index (χ1) is 5.33. The number of rotatable bonds is 4.